The third kappa shape index (κ3) is 8.32. The van der Waals surface area contributed by atoms with Gasteiger partial charge in [-0.1, -0.05) is 30.3 Å². The molecule has 27 heavy (non-hydrogen) atoms. The molecular weight excluding hydrogens is 455 g/mol. The normalized spacial score (nSPS) is 15.2. The van der Waals surface area contributed by atoms with Gasteiger partial charge in [-0.05, 0) is 17.7 Å². The average molecular weight is 484 g/mol. The number of aliphatic imine (C=N–C) groups is 1. The summed E-state index contributed by atoms with van der Waals surface area (Å²) >= 11 is 0. The fourth-order valence-electron chi connectivity index (χ4n) is 2.84. The predicted octanol–water partition coefficient (Wildman–Crippen LogP) is 2.51. The number of rotatable bonds is 8. The van der Waals surface area contributed by atoms with Gasteiger partial charge in [0.15, 0.2) is 5.96 Å². The third-order valence-corrected chi connectivity index (χ3v) is 4.33. The molecule has 1 aliphatic heterocycles. The van der Waals surface area contributed by atoms with Crippen LogP contribution in [0, 0.1) is 0 Å². The van der Waals surface area contributed by atoms with Crippen molar-refractivity contribution in [2.75, 3.05) is 45.9 Å². The lowest BCUT2D eigenvalue weighted by Gasteiger charge is -2.26. The van der Waals surface area contributed by atoms with Crippen LogP contribution in [0.4, 0.5) is 0 Å². The molecule has 1 aromatic carbocycles. The number of hydrogen-bond donors (Lipinski definition) is 2. The quantitative estimate of drug-likeness (QED) is 0.343. The van der Waals surface area contributed by atoms with Gasteiger partial charge in [-0.15, -0.1) is 24.0 Å². The lowest BCUT2D eigenvalue weighted by atomic mass is 10.2. The molecule has 1 fully saturated rings. The van der Waals surface area contributed by atoms with Crippen molar-refractivity contribution in [2.24, 2.45) is 4.99 Å². The summed E-state index contributed by atoms with van der Waals surface area (Å²) in [5.41, 5.74) is 1.20. The molecular formula is C20H29IN4O2. The minimum absolute atomic E-state index is 0. The second kappa shape index (κ2) is 12.7. The van der Waals surface area contributed by atoms with E-state index in [1.54, 1.807) is 6.26 Å². The molecule has 0 saturated carbocycles. The lowest BCUT2D eigenvalue weighted by Crippen LogP contribution is -2.44. The van der Waals surface area contributed by atoms with Crippen LogP contribution in [-0.4, -0.2) is 56.8 Å². The first-order valence-corrected chi connectivity index (χ1v) is 9.29. The zero-order valence-electron chi connectivity index (χ0n) is 15.6. The molecule has 6 nitrogen and oxygen atoms in total. The lowest BCUT2D eigenvalue weighted by molar-refractivity contribution is 0.0389. The number of benzene rings is 1. The van der Waals surface area contributed by atoms with Crippen molar-refractivity contribution in [1.82, 2.24) is 15.5 Å². The van der Waals surface area contributed by atoms with Crippen LogP contribution in [-0.2, 0) is 17.7 Å². The smallest absolute Gasteiger partial charge is 0.191 e. The first kappa shape index (κ1) is 21.7. The number of furan rings is 1. The van der Waals surface area contributed by atoms with E-state index in [2.05, 4.69) is 27.7 Å². The van der Waals surface area contributed by atoms with Crippen molar-refractivity contribution < 1.29 is 9.15 Å². The van der Waals surface area contributed by atoms with E-state index >= 15 is 0 Å². The van der Waals surface area contributed by atoms with Gasteiger partial charge in [0, 0.05) is 39.1 Å². The third-order valence-electron chi connectivity index (χ3n) is 4.33. The number of ether oxygens (including phenoxy) is 1. The zero-order chi connectivity index (χ0) is 17.9. The summed E-state index contributed by atoms with van der Waals surface area (Å²) in [5.74, 6) is 1.82. The number of guanidine groups is 1. The highest BCUT2D eigenvalue weighted by Crippen LogP contribution is 2.01. The van der Waals surface area contributed by atoms with E-state index in [0.29, 0.717) is 6.54 Å². The molecule has 0 amide bonds. The Morgan fingerprint density at radius 3 is 2.52 bits per heavy atom. The maximum absolute atomic E-state index is 5.40. The van der Waals surface area contributed by atoms with Gasteiger partial charge in [-0.3, -0.25) is 4.90 Å². The summed E-state index contributed by atoms with van der Waals surface area (Å²) in [4.78, 5) is 7.13. The molecule has 0 aliphatic carbocycles. The van der Waals surface area contributed by atoms with Crippen LogP contribution in [0.25, 0.3) is 0 Å². The monoisotopic (exact) mass is 484 g/mol. The van der Waals surface area contributed by atoms with Crippen molar-refractivity contribution in [3.8, 4) is 0 Å². The summed E-state index contributed by atoms with van der Waals surface area (Å²) < 4.78 is 10.8. The molecule has 0 radical (unpaired) electrons. The second-order valence-corrected chi connectivity index (χ2v) is 6.29. The van der Waals surface area contributed by atoms with E-state index in [0.717, 1.165) is 64.1 Å². The Hall–Kier alpha value is -1.58. The van der Waals surface area contributed by atoms with Gasteiger partial charge in [0.1, 0.15) is 5.76 Å². The molecule has 3 rings (SSSR count). The van der Waals surface area contributed by atoms with E-state index in [9.17, 15) is 0 Å². The van der Waals surface area contributed by atoms with Crippen LogP contribution in [0.5, 0.6) is 0 Å². The van der Waals surface area contributed by atoms with Crippen molar-refractivity contribution in [3.05, 3.63) is 60.1 Å². The number of nitrogens with one attached hydrogen (secondary N) is 2. The standard InChI is InChI=1S/C20H28N4O2.HI/c1-2-5-18(6-3-1)17-23-20(21-9-8-19-7-4-14-26-19)22-10-11-24-12-15-25-16-13-24;/h1-7,14H,8-13,15-17H2,(H2,21,22,23);1H. The Bertz CT molecular complexity index is 643. The maximum Gasteiger partial charge on any atom is 0.191 e. The van der Waals surface area contributed by atoms with Gasteiger partial charge in [0.2, 0.25) is 0 Å². The molecule has 2 N–H and O–H groups in total. The predicted molar refractivity (Wildman–Crippen MR) is 119 cm³/mol. The van der Waals surface area contributed by atoms with Gasteiger partial charge in [-0.25, -0.2) is 4.99 Å². The van der Waals surface area contributed by atoms with Crippen LogP contribution in [0.3, 0.4) is 0 Å². The summed E-state index contributed by atoms with van der Waals surface area (Å²) in [5, 5.41) is 6.84. The highest BCUT2D eigenvalue weighted by molar-refractivity contribution is 14.0. The van der Waals surface area contributed by atoms with E-state index in [1.165, 1.54) is 5.56 Å². The minimum atomic E-state index is 0. The van der Waals surface area contributed by atoms with Crippen LogP contribution >= 0.6 is 24.0 Å². The molecule has 148 valence electrons. The molecule has 2 heterocycles. The van der Waals surface area contributed by atoms with Crippen LogP contribution in [0.2, 0.25) is 0 Å². The molecule has 0 atom stereocenters. The number of hydrogen-bond acceptors (Lipinski definition) is 4. The van der Waals surface area contributed by atoms with Gasteiger partial charge in [-0.2, -0.15) is 0 Å². The first-order valence-electron chi connectivity index (χ1n) is 9.29. The summed E-state index contributed by atoms with van der Waals surface area (Å²) in [6.07, 6.45) is 2.54. The first-order chi connectivity index (χ1) is 12.9. The van der Waals surface area contributed by atoms with Crippen LogP contribution in [0.15, 0.2) is 58.1 Å². The van der Waals surface area contributed by atoms with E-state index in [-0.39, 0.29) is 24.0 Å². The molecule has 1 aliphatic rings. The summed E-state index contributed by atoms with van der Waals surface area (Å²) in [6.45, 7) is 6.97. The highest BCUT2D eigenvalue weighted by atomic mass is 127. The average Bonchev–Trinajstić information content (AvgIpc) is 3.21. The number of morpholine rings is 1. The fourth-order valence-corrected chi connectivity index (χ4v) is 2.84. The number of nitrogens with zero attached hydrogens (tertiary/aromatic N) is 2. The zero-order valence-corrected chi connectivity index (χ0v) is 17.9. The molecule has 2 aromatic rings. The van der Waals surface area contributed by atoms with Crippen molar-refractivity contribution in [2.45, 2.75) is 13.0 Å². The molecule has 0 spiro atoms. The largest absolute Gasteiger partial charge is 0.469 e. The van der Waals surface area contributed by atoms with E-state index in [1.807, 2.05) is 30.3 Å². The van der Waals surface area contributed by atoms with E-state index in [4.69, 9.17) is 14.1 Å². The van der Waals surface area contributed by atoms with Gasteiger partial charge < -0.3 is 19.8 Å². The van der Waals surface area contributed by atoms with Crippen molar-refractivity contribution in [1.29, 1.82) is 0 Å². The molecule has 1 saturated heterocycles. The summed E-state index contributed by atoms with van der Waals surface area (Å²) in [7, 11) is 0. The second-order valence-electron chi connectivity index (χ2n) is 6.29. The van der Waals surface area contributed by atoms with E-state index < -0.39 is 0 Å². The maximum atomic E-state index is 5.40. The summed E-state index contributed by atoms with van der Waals surface area (Å²) in [6, 6.07) is 14.2. The fraction of sp³-hybridized carbons (Fsp3) is 0.450. The molecule has 0 unspecified atom stereocenters. The van der Waals surface area contributed by atoms with Crippen molar-refractivity contribution >= 4 is 29.9 Å². The molecule has 7 heteroatoms. The van der Waals surface area contributed by atoms with Gasteiger partial charge in [0.05, 0.1) is 26.0 Å². The molecule has 0 bridgehead atoms. The van der Waals surface area contributed by atoms with Crippen LogP contribution < -0.4 is 10.6 Å². The van der Waals surface area contributed by atoms with Crippen LogP contribution in [0.1, 0.15) is 11.3 Å². The number of halogens is 1. The van der Waals surface area contributed by atoms with Gasteiger partial charge in [0.25, 0.3) is 0 Å². The Labute approximate surface area is 178 Å². The Balaban J connectivity index is 0.00000261. The Morgan fingerprint density at radius 1 is 1.00 bits per heavy atom. The Morgan fingerprint density at radius 2 is 1.78 bits per heavy atom. The van der Waals surface area contributed by atoms with Gasteiger partial charge >= 0.3 is 0 Å². The van der Waals surface area contributed by atoms with Crippen molar-refractivity contribution in [3.63, 3.8) is 0 Å². The highest BCUT2D eigenvalue weighted by Gasteiger charge is 2.09. The SMILES string of the molecule is I.c1ccc(CN=C(NCCc2ccco2)NCCN2CCOCC2)cc1. The topological polar surface area (TPSA) is 62.0 Å². The Kier molecular flexibility index (Phi) is 10.3. The minimum Gasteiger partial charge on any atom is -0.469 e. The molecule has 1 aromatic heterocycles.